The summed E-state index contributed by atoms with van der Waals surface area (Å²) in [6.45, 7) is 0. The Bertz CT molecular complexity index is 817. The van der Waals surface area contributed by atoms with Gasteiger partial charge in [0.1, 0.15) is 5.82 Å². The predicted molar refractivity (Wildman–Crippen MR) is 91.3 cm³/mol. The summed E-state index contributed by atoms with van der Waals surface area (Å²) in [5.41, 5.74) is -0.0868. The second kappa shape index (κ2) is 5.33. The van der Waals surface area contributed by atoms with Gasteiger partial charge in [0.2, 0.25) is 0 Å². The minimum absolute atomic E-state index is 0.0797. The standard InChI is InChI=1S/C20H22F3N3/c1-26-17(15-3-2-4-16(8-15)20(21,22)23)24-25-18(26)19-9-12-5-13(10-19)7-14(6-12)11-19/h2-4,8,12-14H,5-7,9-11H2,1H3. The molecule has 2 aromatic rings. The Morgan fingerprint density at radius 2 is 1.62 bits per heavy atom. The van der Waals surface area contributed by atoms with Crippen LogP contribution in [0.5, 0.6) is 0 Å². The highest BCUT2D eigenvalue weighted by Gasteiger charge is 2.53. The molecule has 6 rings (SSSR count). The third-order valence-electron chi connectivity index (χ3n) is 6.84. The molecule has 4 bridgehead atoms. The van der Waals surface area contributed by atoms with Gasteiger partial charge in [-0.15, -0.1) is 10.2 Å². The molecule has 26 heavy (non-hydrogen) atoms. The van der Waals surface area contributed by atoms with Gasteiger partial charge in [-0.3, -0.25) is 0 Å². The predicted octanol–water partition coefficient (Wildman–Crippen LogP) is 4.97. The largest absolute Gasteiger partial charge is 0.416 e. The van der Waals surface area contributed by atoms with Crippen molar-refractivity contribution < 1.29 is 13.2 Å². The van der Waals surface area contributed by atoms with Gasteiger partial charge in [-0.2, -0.15) is 13.2 Å². The van der Waals surface area contributed by atoms with Crippen molar-refractivity contribution in [2.45, 2.75) is 50.1 Å². The Morgan fingerprint density at radius 1 is 1.00 bits per heavy atom. The number of aromatic nitrogens is 3. The average molecular weight is 361 g/mol. The van der Waals surface area contributed by atoms with E-state index in [1.165, 1.54) is 31.4 Å². The third kappa shape index (κ3) is 2.41. The molecule has 138 valence electrons. The van der Waals surface area contributed by atoms with Crippen molar-refractivity contribution in [2.75, 3.05) is 0 Å². The lowest BCUT2D eigenvalue weighted by Crippen LogP contribution is -2.49. The summed E-state index contributed by atoms with van der Waals surface area (Å²) in [6, 6.07) is 5.40. The van der Waals surface area contributed by atoms with Gasteiger partial charge in [-0.05, 0) is 68.4 Å². The van der Waals surface area contributed by atoms with E-state index in [2.05, 4.69) is 10.2 Å². The van der Waals surface area contributed by atoms with Gasteiger partial charge in [0.05, 0.1) is 5.56 Å². The molecule has 1 aromatic carbocycles. The Labute approximate surface area is 150 Å². The van der Waals surface area contributed by atoms with Gasteiger partial charge < -0.3 is 4.57 Å². The lowest BCUT2D eigenvalue weighted by atomic mass is 9.49. The molecular formula is C20H22F3N3. The van der Waals surface area contributed by atoms with Gasteiger partial charge in [0.25, 0.3) is 0 Å². The van der Waals surface area contributed by atoms with E-state index >= 15 is 0 Å². The van der Waals surface area contributed by atoms with E-state index in [0.717, 1.165) is 48.9 Å². The van der Waals surface area contributed by atoms with Crippen molar-refractivity contribution in [2.24, 2.45) is 24.8 Å². The molecule has 1 aromatic heterocycles. The first kappa shape index (κ1) is 16.3. The molecule has 4 saturated carbocycles. The molecule has 0 N–H and O–H groups in total. The van der Waals surface area contributed by atoms with E-state index in [1.54, 1.807) is 6.07 Å². The summed E-state index contributed by atoms with van der Waals surface area (Å²) in [6.07, 6.45) is 3.17. The minimum Gasteiger partial charge on any atom is -0.314 e. The molecule has 0 atom stereocenters. The van der Waals surface area contributed by atoms with Crippen molar-refractivity contribution in [1.29, 1.82) is 0 Å². The number of halogens is 3. The molecule has 0 spiro atoms. The maximum absolute atomic E-state index is 13.1. The summed E-state index contributed by atoms with van der Waals surface area (Å²) in [5.74, 6) is 3.87. The Balaban J connectivity index is 1.54. The van der Waals surface area contributed by atoms with Crippen LogP contribution in [0.4, 0.5) is 13.2 Å². The Hall–Kier alpha value is -1.85. The molecule has 0 amide bonds. The van der Waals surface area contributed by atoms with Crippen molar-refractivity contribution in [3.05, 3.63) is 35.7 Å². The fraction of sp³-hybridized carbons (Fsp3) is 0.600. The zero-order valence-corrected chi connectivity index (χ0v) is 14.8. The van der Waals surface area contributed by atoms with E-state index in [4.69, 9.17) is 0 Å². The van der Waals surface area contributed by atoms with Crippen LogP contribution in [-0.2, 0) is 18.6 Å². The molecule has 6 heteroatoms. The van der Waals surface area contributed by atoms with E-state index < -0.39 is 11.7 Å². The topological polar surface area (TPSA) is 30.7 Å². The van der Waals surface area contributed by atoms with E-state index in [0.29, 0.717) is 11.4 Å². The summed E-state index contributed by atoms with van der Waals surface area (Å²) >= 11 is 0. The van der Waals surface area contributed by atoms with Crippen molar-refractivity contribution in [1.82, 2.24) is 14.8 Å². The first-order valence-corrected chi connectivity index (χ1v) is 9.41. The molecule has 0 radical (unpaired) electrons. The Morgan fingerprint density at radius 3 is 2.19 bits per heavy atom. The van der Waals surface area contributed by atoms with Crippen LogP contribution in [0.1, 0.15) is 49.9 Å². The van der Waals surface area contributed by atoms with Gasteiger partial charge >= 0.3 is 6.18 Å². The number of rotatable bonds is 2. The maximum Gasteiger partial charge on any atom is 0.416 e. The number of hydrogen-bond acceptors (Lipinski definition) is 2. The summed E-state index contributed by atoms with van der Waals surface area (Å²) in [4.78, 5) is 0. The normalized spacial score (nSPS) is 33.0. The summed E-state index contributed by atoms with van der Waals surface area (Å²) in [7, 11) is 1.91. The van der Waals surface area contributed by atoms with E-state index in [9.17, 15) is 13.2 Å². The summed E-state index contributed by atoms with van der Waals surface area (Å²) in [5, 5.41) is 8.82. The number of nitrogens with zero attached hydrogens (tertiary/aromatic N) is 3. The zero-order chi connectivity index (χ0) is 18.1. The fourth-order valence-electron chi connectivity index (χ4n) is 6.26. The van der Waals surface area contributed by atoms with Crippen LogP contribution in [-0.4, -0.2) is 14.8 Å². The lowest BCUT2D eigenvalue weighted by molar-refractivity contribution is -0.137. The molecule has 4 aliphatic carbocycles. The molecule has 4 aliphatic rings. The highest BCUT2D eigenvalue weighted by Crippen LogP contribution is 2.60. The number of hydrogen-bond donors (Lipinski definition) is 0. The fourth-order valence-corrected chi connectivity index (χ4v) is 6.26. The molecule has 0 aliphatic heterocycles. The van der Waals surface area contributed by atoms with Crippen LogP contribution >= 0.6 is 0 Å². The molecule has 0 unspecified atom stereocenters. The number of alkyl halides is 3. The van der Waals surface area contributed by atoms with Gasteiger partial charge in [0.15, 0.2) is 5.82 Å². The van der Waals surface area contributed by atoms with Crippen molar-refractivity contribution >= 4 is 0 Å². The van der Waals surface area contributed by atoms with Gasteiger partial charge in [-0.25, -0.2) is 0 Å². The molecule has 1 heterocycles. The highest BCUT2D eigenvalue weighted by atomic mass is 19.4. The first-order valence-electron chi connectivity index (χ1n) is 9.41. The van der Waals surface area contributed by atoms with Crippen LogP contribution < -0.4 is 0 Å². The highest BCUT2D eigenvalue weighted by molar-refractivity contribution is 5.57. The van der Waals surface area contributed by atoms with Crippen LogP contribution in [0.3, 0.4) is 0 Å². The Kier molecular flexibility index (Phi) is 3.35. The van der Waals surface area contributed by atoms with E-state index in [1.807, 2.05) is 11.6 Å². The number of benzene rings is 1. The SMILES string of the molecule is Cn1c(-c2cccc(C(F)(F)F)c2)nnc1C12CC3CC(CC(C3)C1)C2. The zero-order valence-electron chi connectivity index (χ0n) is 14.8. The van der Waals surface area contributed by atoms with Crippen LogP contribution in [0, 0.1) is 17.8 Å². The smallest absolute Gasteiger partial charge is 0.314 e. The third-order valence-corrected chi connectivity index (χ3v) is 6.84. The maximum atomic E-state index is 13.1. The minimum atomic E-state index is -4.35. The summed E-state index contributed by atoms with van der Waals surface area (Å²) < 4.78 is 41.1. The first-order chi connectivity index (χ1) is 12.3. The van der Waals surface area contributed by atoms with Crippen LogP contribution in [0.25, 0.3) is 11.4 Å². The molecule has 3 nitrogen and oxygen atoms in total. The second-order valence-electron chi connectivity index (χ2n) is 8.68. The van der Waals surface area contributed by atoms with Gasteiger partial charge in [-0.1, -0.05) is 12.1 Å². The molecular weight excluding hydrogens is 339 g/mol. The molecule has 4 fully saturated rings. The van der Waals surface area contributed by atoms with Crippen molar-refractivity contribution in [3.8, 4) is 11.4 Å². The van der Waals surface area contributed by atoms with Crippen LogP contribution in [0.15, 0.2) is 24.3 Å². The van der Waals surface area contributed by atoms with Gasteiger partial charge in [0, 0.05) is 18.0 Å². The van der Waals surface area contributed by atoms with E-state index in [-0.39, 0.29) is 5.41 Å². The van der Waals surface area contributed by atoms with Crippen molar-refractivity contribution in [3.63, 3.8) is 0 Å². The average Bonchev–Trinajstić information content (AvgIpc) is 2.95. The second-order valence-corrected chi connectivity index (χ2v) is 8.68. The quantitative estimate of drug-likeness (QED) is 0.756. The molecule has 0 saturated heterocycles. The lowest BCUT2D eigenvalue weighted by Gasteiger charge is -2.56. The monoisotopic (exact) mass is 361 g/mol. The van der Waals surface area contributed by atoms with Crippen LogP contribution in [0.2, 0.25) is 0 Å².